The van der Waals surface area contributed by atoms with Crippen molar-refractivity contribution in [2.24, 2.45) is 0 Å². The highest BCUT2D eigenvalue weighted by Crippen LogP contribution is 2.47. The van der Waals surface area contributed by atoms with Gasteiger partial charge in [0.15, 0.2) is 6.10 Å². The van der Waals surface area contributed by atoms with Crippen molar-refractivity contribution in [2.75, 3.05) is 13.2 Å². The number of phosphoric acid groups is 1. The maximum atomic E-state index is 12.6. The van der Waals surface area contributed by atoms with Crippen molar-refractivity contribution in [2.45, 2.75) is 146 Å². The van der Waals surface area contributed by atoms with E-state index in [1.807, 2.05) is 6.92 Å². The van der Waals surface area contributed by atoms with Crippen molar-refractivity contribution in [3.63, 3.8) is 0 Å². The highest BCUT2D eigenvalue weighted by molar-refractivity contribution is 7.47. The third-order valence-corrected chi connectivity index (χ3v) is 8.26. The van der Waals surface area contributed by atoms with Gasteiger partial charge in [0.2, 0.25) is 0 Å². The molecule has 13 nitrogen and oxygen atoms in total. The average molecular weight is 667 g/mol. The van der Waals surface area contributed by atoms with Crippen LogP contribution in [0.4, 0.5) is 0 Å². The number of carbonyl (C=O) groups is 2. The highest BCUT2D eigenvalue weighted by Gasteiger charge is 2.51. The summed E-state index contributed by atoms with van der Waals surface area (Å²) in [6.45, 7) is 2.94. The van der Waals surface area contributed by atoms with Crippen LogP contribution in [0.25, 0.3) is 0 Å². The summed E-state index contributed by atoms with van der Waals surface area (Å²) in [5.74, 6) is -1.15. The Labute approximate surface area is 266 Å². The third-order valence-electron chi connectivity index (χ3n) is 7.28. The summed E-state index contributed by atoms with van der Waals surface area (Å²) in [6.07, 6.45) is 6.68. The molecule has 6 N–H and O–H groups in total. The zero-order valence-electron chi connectivity index (χ0n) is 26.7. The summed E-state index contributed by atoms with van der Waals surface area (Å²) in [4.78, 5) is 34.8. The second-order valence-corrected chi connectivity index (χ2v) is 12.7. The molecule has 1 fully saturated rings. The van der Waals surface area contributed by atoms with Crippen molar-refractivity contribution in [1.82, 2.24) is 0 Å². The van der Waals surface area contributed by atoms with Crippen LogP contribution in [0.1, 0.15) is 104 Å². The lowest BCUT2D eigenvalue weighted by Crippen LogP contribution is -2.64. The number of aliphatic hydroxyl groups excluding tert-OH is 5. The van der Waals surface area contributed by atoms with E-state index in [0.29, 0.717) is 12.8 Å². The Balaban J connectivity index is 2.55. The monoisotopic (exact) mass is 666 g/mol. The quantitative estimate of drug-likeness (QED) is 0.0378. The van der Waals surface area contributed by atoms with Crippen LogP contribution in [0.2, 0.25) is 0 Å². The van der Waals surface area contributed by atoms with Gasteiger partial charge in [0, 0.05) is 12.8 Å². The number of unbranched alkanes of at least 4 members (excludes halogenated alkanes) is 8. The fraction of sp³-hybridized carbons (Fsp3) is 0.806. The molecule has 6 atom stereocenters. The summed E-state index contributed by atoms with van der Waals surface area (Å²) >= 11 is 0. The van der Waals surface area contributed by atoms with Gasteiger partial charge in [0.05, 0.1) is 6.61 Å². The lowest BCUT2D eigenvalue weighted by molar-refractivity contribution is -0.220. The van der Waals surface area contributed by atoms with E-state index in [2.05, 4.69) is 31.2 Å². The molecule has 0 bridgehead atoms. The predicted octanol–water partition coefficient (Wildman–Crippen LogP) is 3.38. The van der Waals surface area contributed by atoms with Gasteiger partial charge in [-0.2, -0.15) is 0 Å². The molecule has 6 unspecified atom stereocenters. The molecule has 262 valence electrons. The first-order valence-electron chi connectivity index (χ1n) is 16.1. The molecule has 0 aromatic heterocycles. The Morgan fingerprint density at radius 3 is 1.89 bits per heavy atom. The number of ether oxygens (including phenoxy) is 2. The Hall–Kier alpha value is -1.67. The molecular weight excluding hydrogens is 611 g/mol. The Kier molecular flexibility index (Phi) is 21.7. The van der Waals surface area contributed by atoms with Gasteiger partial charge in [-0.05, 0) is 38.5 Å². The molecule has 0 aliphatic heterocycles. The standard InChI is InChI=1S/C31H55O13P/c1-3-5-7-8-9-10-11-12-13-14-15-16-18-20-25(33)43-23(21-41-24(32)19-17-6-4-2)22-42-45(39,40)44-31-29(37)27(35)26(34)28(36)30(31)38/h7-8,10-11,23,26-31,34-38H,3-6,9,12-22H2,1-2H3,(H,39,40)/b8-7-,11-10-. The average Bonchev–Trinajstić information content (AvgIpc) is 3.01. The number of rotatable bonds is 24. The van der Waals surface area contributed by atoms with Crippen LogP contribution < -0.4 is 0 Å². The molecule has 0 heterocycles. The molecule has 1 rings (SSSR count). The molecule has 0 spiro atoms. The number of carbonyl (C=O) groups excluding carboxylic acids is 2. The second-order valence-electron chi connectivity index (χ2n) is 11.3. The Bertz CT molecular complexity index is 911. The van der Waals surface area contributed by atoms with Crippen molar-refractivity contribution < 1.29 is 63.1 Å². The summed E-state index contributed by atoms with van der Waals surface area (Å²) in [7, 11) is -5.09. The topological polar surface area (TPSA) is 210 Å². The first kappa shape index (κ1) is 41.4. The summed E-state index contributed by atoms with van der Waals surface area (Å²) in [6, 6.07) is 0. The SMILES string of the molecule is CCC/C=C\C/C=C\CCCCCCCC(=O)OC(COC(=O)CCCCC)COP(=O)(O)OC1C(O)C(O)C(O)C(O)C1O. The van der Waals surface area contributed by atoms with Crippen LogP contribution in [0.3, 0.4) is 0 Å². The Morgan fingerprint density at radius 2 is 1.24 bits per heavy atom. The number of phosphoric ester groups is 1. The fourth-order valence-electron chi connectivity index (χ4n) is 4.56. The van der Waals surface area contributed by atoms with Gasteiger partial charge in [-0.3, -0.25) is 18.6 Å². The summed E-state index contributed by atoms with van der Waals surface area (Å²) in [5, 5.41) is 49.5. The van der Waals surface area contributed by atoms with Crippen molar-refractivity contribution >= 4 is 19.8 Å². The van der Waals surface area contributed by atoms with Gasteiger partial charge >= 0.3 is 19.8 Å². The third kappa shape index (κ3) is 17.7. The zero-order chi connectivity index (χ0) is 33.7. The van der Waals surface area contributed by atoms with E-state index in [1.54, 1.807) is 0 Å². The van der Waals surface area contributed by atoms with Crippen LogP contribution >= 0.6 is 7.82 Å². The van der Waals surface area contributed by atoms with E-state index in [4.69, 9.17) is 18.5 Å². The second kappa shape index (κ2) is 23.6. The van der Waals surface area contributed by atoms with Gasteiger partial charge in [0.25, 0.3) is 0 Å². The molecule has 0 radical (unpaired) electrons. The van der Waals surface area contributed by atoms with Crippen molar-refractivity contribution in [3.05, 3.63) is 24.3 Å². The summed E-state index contributed by atoms with van der Waals surface area (Å²) in [5.41, 5.74) is 0. The first-order valence-corrected chi connectivity index (χ1v) is 17.6. The van der Waals surface area contributed by atoms with Crippen molar-refractivity contribution in [1.29, 1.82) is 0 Å². The van der Waals surface area contributed by atoms with E-state index in [-0.39, 0.29) is 12.8 Å². The molecule has 14 heteroatoms. The maximum absolute atomic E-state index is 12.6. The lowest BCUT2D eigenvalue weighted by Gasteiger charge is -2.41. The predicted molar refractivity (Wildman–Crippen MR) is 166 cm³/mol. The highest BCUT2D eigenvalue weighted by atomic mass is 31.2. The largest absolute Gasteiger partial charge is 0.472 e. The number of allylic oxidation sites excluding steroid dienone is 4. The van der Waals surface area contributed by atoms with Crippen LogP contribution in [0.5, 0.6) is 0 Å². The number of hydrogen-bond acceptors (Lipinski definition) is 12. The van der Waals surface area contributed by atoms with E-state index in [9.17, 15) is 44.6 Å². The van der Waals surface area contributed by atoms with Crippen LogP contribution in [-0.2, 0) is 32.7 Å². The minimum absolute atomic E-state index is 0.0802. The first-order chi connectivity index (χ1) is 21.4. The normalized spacial score (nSPS) is 25.8. The van der Waals surface area contributed by atoms with Crippen LogP contribution in [0.15, 0.2) is 24.3 Å². The van der Waals surface area contributed by atoms with Gasteiger partial charge in [-0.25, -0.2) is 4.57 Å². The number of esters is 2. The van der Waals surface area contributed by atoms with E-state index >= 15 is 0 Å². The molecule has 0 aromatic rings. The minimum atomic E-state index is -5.09. The molecule has 1 saturated carbocycles. The lowest BCUT2D eigenvalue weighted by atomic mass is 9.85. The van der Waals surface area contributed by atoms with Gasteiger partial charge in [-0.15, -0.1) is 0 Å². The maximum Gasteiger partial charge on any atom is 0.472 e. The molecule has 0 saturated heterocycles. The summed E-state index contributed by atoms with van der Waals surface area (Å²) < 4.78 is 32.8. The molecular formula is C31H55O13P. The van der Waals surface area contributed by atoms with Crippen LogP contribution in [-0.4, -0.2) is 98.3 Å². The number of aliphatic hydroxyl groups is 5. The van der Waals surface area contributed by atoms with Gasteiger partial charge in [-0.1, -0.05) is 76.7 Å². The number of hydrogen-bond donors (Lipinski definition) is 6. The van der Waals surface area contributed by atoms with Gasteiger partial charge < -0.3 is 39.9 Å². The van der Waals surface area contributed by atoms with E-state index < -0.39 is 75.7 Å². The molecule has 1 aliphatic carbocycles. The minimum Gasteiger partial charge on any atom is -0.462 e. The Morgan fingerprint density at radius 1 is 0.689 bits per heavy atom. The van der Waals surface area contributed by atoms with Crippen LogP contribution in [0, 0.1) is 0 Å². The van der Waals surface area contributed by atoms with E-state index in [0.717, 1.165) is 64.2 Å². The van der Waals surface area contributed by atoms with E-state index in [1.165, 1.54) is 0 Å². The fourth-order valence-corrected chi connectivity index (χ4v) is 5.53. The van der Waals surface area contributed by atoms with Crippen molar-refractivity contribution in [3.8, 4) is 0 Å². The molecule has 0 amide bonds. The molecule has 1 aliphatic rings. The van der Waals surface area contributed by atoms with Gasteiger partial charge in [0.1, 0.15) is 43.2 Å². The zero-order valence-corrected chi connectivity index (χ0v) is 27.5. The molecule has 0 aromatic carbocycles. The molecule has 45 heavy (non-hydrogen) atoms. The smallest absolute Gasteiger partial charge is 0.462 e.